The molecule has 1 heterocycles. The van der Waals surface area contributed by atoms with Gasteiger partial charge in [0, 0.05) is 31.7 Å². The first-order valence-corrected chi connectivity index (χ1v) is 9.75. The van der Waals surface area contributed by atoms with Gasteiger partial charge >= 0.3 is 0 Å². The zero-order chi connectivity index (χ0) is 19.2. The van der Waals surface area contributed by atoms with Crippen molar-refractivity contribution in [1.29, 1.82) is 0 Å². The Labute approximate surface area is 158 Å². The van der Waals surface area contributed by atoms with Crippen LogP contribution >= 0.6 is 0 Å². The van der Waals surface area contributed by atoms with Crippen molar-refractivity contribution in [1.82, 2.24) is 15.5 Å². The summed E-state index contributed by atoms with van der Waals surface area (Å²) in [7, 11) is 0. The Morgan fingerprint density at radius 2 is 2.00 bits per heavy atom. The Bertz CT molecular complexity index is 677. The molecule has 0 spiro atoms. The molecule has 1 aromatic carbocycles. The van der Waals surface area contributed by atoms with Crippen LogP contribution < -0.4 is 10.6 Å². The standard InChI is InChI=1S/C20H27F2N3O2/c21-16-6-7-17(22)15(10-16)12-24-19(26)11-18-20(27)23-8-9-25(18)13-14-4-2-1-3-5-14/h6-7,10,14,18H,1-5,8-9,11-13H2,(H,23,27)(H,24,26)/t18-/m1/s1. The summed E-state index contributed by atoms with van der Waals surface area (Å²) in [5.41, 5.74) is 0.0931. The predicted octanol–water partition coefficient (Wildman–Crippen LogP) is 2.35. The molecule has 27 heavy (non-hydrogen) atoms. The van der Waals surface area contributed by atoms with Gasteiger partial charge in [0.2, 0.25) is 11.8 Å². The van der Waals surface area contributed by atoms with Crippen LogP contribution in [-0.4, -0.2) is 42.4 Å². The van der Waals surface area contributed by atoms with Crippen LogP contribution in [0.1, 0.15) is 44.1 Å². The number of piperazine rings is 1. The van der Waals surface area contributed by atoms with Gasteiger partial charge in [-0.1, -0.05) is 19.3 Å². The summed E-state index contributed by atoms with van der Waals surface area (Å²) in [4.78, 5) is 26.8. The van der Waals surface area contributed by atoms with Crippen molar-refractivity contribution in [3.8, 4) is 0 Å². The van der Waals surface area contributed by atoms with Crippen LogP contribution in [0.15, 0.2) is 18.2 Å². The summed E-state index contributed by atoms with van der Waals surface area (Å²) in [6.07, 6.45) is 6.12. The van der Waals surface area contributed by atoms with Gasteiger partial charge in [-0.25, -0.2) is 8.78 Å². The van der Waals surface area contributed by atoms with E-state index < -0.39 is 17.7 Å². The Morgan fingerprint density at radius 3 is 2.78 bits per heavy atom. The summed E-state index contributed by atoms with van der Waals surface area (Å²) in [5, 5.41) is 5.43. The summed E-state index contributed by atoms with van der Waals surface area (Å²) >= 11 is 0. The van der Waals surface area contributed by atoms with E-state index >= 15 is 0 Å². The zero-order valence-corrected chi connectivity index (χ0v) is 15.5. The maximum absolute atomic E-state index is 13.7. The number of rotatable bonds is 6. The maximum Gasteiger partial charge on any atom is 0.237 e. The molecule has 1 saturated heterocycles. The smallest absolute Gasteiger partial charge is 0.237 e. The molecule has 2 N–H and O–H groups in total. The van der Waals surface area contributed by atoms with Crippen molar-refractivity contribution < 1.29 is 18.4 Å². The van der Waals surface area contributed by atoms with E-state index in [-0.39, 0.29) is 30.3 Å². The average Bonchev–Trinajstić information content (AvgIpc) is 2.66. The van der Waals surface area contributed by atoms with Crippen LogP contribution in [0.5, 0.6) is 0 Å². The van der Waals surface area contributed by atoms with E-state index in [4.69, 9.17) is 0 Å². The summed E-state index contributed by atoms with van der Waals surface area (Å²) in [5.74, 6) is -1.01. The number of benzene rings is 1. The molecule has 148 valence electrons. The second kappa shape index (κ2) is 9.26. The highest BCUT2D eigenvalue weighted by Gasteiger charge is 2.33. The van der Waals surface area contributed by atoms with Crippen LogP contribution in [0, 0.1) is 17.6 Å². The lowest BCUT2D eigenvalue weighted by Crippen LogP contribution is -2.57. The number of hydrogen-bond donors (Lipinski definition) is 2. The molecule has 0 bridgehead atoms. The van der Waals surface area contributed by atoms with Crippen molar-refractivity contribution in [3.05, 3.63) is 35.4 Å². The van der Waals surface area contributed by atoms with Gasteiger partial charge in [-0.15, -0.1) is 0 Å². The maximum atomic E-state index is 13.7. The van der Waals surface area contributed by atoms with Crippen molar-refractivity contribution in [2.24, 2.45) is 5.92 Å². The number of nitrogens with one attached hydrogen (secondary N) is 2. The van der Waals surface area contributed by atoms with Crippen LogP contribution in [0.3, 0.4) is 0 Å². The van der Waals surface area contributed by atoms with Crippen molar-refractivity contribution in [3.63, 3.8) is 0 Å². The lowest BCUT2D eigenvalue weighted by molar-refractivity contribution is -0.134. The third kappa shape index (κ3) is 5.48. The molecule has 1 aliphatic heterocycles. The van der Waals surface area contributed by atoms with Crippen molar-refractivity contribution >= 4 is 11.8 Å². The molecule has 5 nitrogen and oxygen atoms in total. The monoisotopic (exact) mass is 379 g/mol. The molecule has 0 radical (unpaired) electrons. The van der Waals surface area contributed by atoms with E-state index in [1.54, 1.807) is 0 Å². The lowest BCUT2D eigenvalue weighted by Gasteiger charge is -2.37. The van der Waals surface area contributed by atoms with Gasteiger partial charge in [0.05, 0.1) is 12.5 Å². The number of hydrogen-bond acceptors (Lipinski definition) is 3. The summed E-state index contributed by atoms with van der Waals surface area (Å²) in [6, 6.07) is 2.64. The number of amides is 2. The van der Waals surface area contributed by atoms with E-state index in [0.717, 1.165) is 31.3 Å². The molecule has 0 unspecified atom stereocenters. The number of nitrogens with zero attached hydrogens (tertiary/aromatic N) is 1. The van der Waals surface area contributed by atoms with Gasteiger partial charge in [-0.05, 0) is 37.0 Å². The summed E-state index contributed by atoms with van der Waals surface area (Å²) in [6.45, 7) is 2.07. The van der Waals surface area contributed by atoms with Crippen LogP contribution in [-0.2, 0) is 16.1 Å². The predicted molar refractivity (Wildman–Crippen MR) is 97.8 cm³/mol. The first-order valence-electron chi connectivity index (χ1n) is 9.75. The van der Waals surface area contributed by atoms with E-state index in [1.165, 1.54) is 32.1 Å². The van der Waals surface area contributed by atoms with E-state index in [0.29, 0.717) is 12.5 Å². The molecular formula is C20H27F2N3O2. The molecule has 7 heteroatoms. The largest absolute Gasteiger partial charge is 0.353 e. The Morgan fingerprint density at radius 1 is 1.22 bits per heavy atom. The SMILES string of the molecule is O=C(C[C@@H]1C(=O)NCCN1CC1CCCCC1)NCc1cc(F)ccc1F. The third-order valence-electron chi connectivity index (χ3n) is 5.52. The third-order valence-corrected chi connectivity index (χ3v) is 5.52. The van der Waals surface area contributed by atoms with Crippen molar-refractivity contribution in [2.45, 2.75) is 51.1 Å². The Kier molecular flexibility index (Phi) is 6.77. The van der Waals surface area contributed by atoms with Crippen molar-refractivity contribution in [2.75, 3.05) is 19.6 Å². The van der Waals surface area contributed by atoms with Crippen LogP contribution in [0.4, 0.5) is 8.78 Å². The molecular weight excluding hydrogens is 352 g/mol. The minimum absolute atomic E-state index is 0.0233. The second-order valence-corrected chi connectivity index (χ2v) is 7.52. The van der Waals surface area contributed by atoms with Gasteiger partial charge < -0.3 is 10.6 Å². The van der Waals surface area contributed by atoms with E-state index in [1.807, 2.05) is 0 Å². The van der Waals surface area contributed by atoms with Crippen LogP contribution in [0.2, 0.25) is 0 Å². The molecule has 1 aliphatic carbocycles. The minimum Gasteiger partial charge on any atom is -0.353 e. The fraction of sp³-hybridized carbons (Fsp3) is 0.600. The molecule has 1 atom stereocenters. The highest BCUT2D eigenvalue weighted by Crippen LogP contribution is 2.25. The first-order chi connectivity index (χ1) is 13.0. The Balaban J connectivity index is 1.56. The number of carbonyl (C=O) groups excluding carboxylic acids is 2. The number of carbonyl (C=O) groups is 2. The Hall–Kier alpha value is -2.02. The van der Waals surface area contributed by atoms with Crippen LogP contribution in [0.25, 0.3) is 0 Å². The fourth-order valence-electron chi connectivity index (χ4n) is 4.02. The van der Waals surface area contributed by atoms with Gasteiger partial charge in [0.15, 0.2) is 0 Å². The van der Waals surface area contributed by atoms with Gasteiger partial charge in [-0.3, -0.25) is 14.5 Å². The zero-order valence-electron chi connectivity index (χ0n) is 15.5. The minimum atomic E-state index is -0.564. The molecule has 1 saturated carbocycles. The molecule has 0 aromatic heterocycles. The molecule has 2 fully saturated rings. The normalized spacial score (nSPS) is 21.7. The lowest BCUT2D eigenvalue weighted by atomic mass is 9.88. The number of halogens is 2. The molecule has 3 rings (SSSR count). The second-order valence-electron chi connectivity index (χ2n) is 7.52. The highest BCUT2D eigenvalue weighted by atomic mass is 19.1. The van der Waals surface area contributed by atoms with E-state index in [9.17, 15) is 18.4 Å². The molecule has 2 amide bonds. The highest BCUT2D eigenvalue weighted by molar-refractivity contribution is 5.88. The topological polar surface area (TPSA) is 61.4 Å². The van der Waals surface area contributed by atoms with Gasteiger partial charge in [0.1, 0.15) is 11.6 Å². The van der Waals surface area contributed by atoms with Gasteiger partial charge in [0.25, 0.3) is 0 Å². The first kappa shape index (κ1) is 19.7. The fourth-order valence-corrected chi connectivity index (χ4v) is 4.02. The summed E-state index contributed by atoms with van der Waals surface area (Å²) < 4.78 is 26.9. The average molecular weight is 379 g/mol. The van der Waals surface area contributed by atoms with Gasteiger partial charge in [-0.2, -0.15) is 0 Å². The quantitative estimate of drug-likeness (QED) is 0.798. The van der Waals surface area contributed by atoms with E-state index in [2.05, 4.69) is 15.5 Å². The molecule has 1 aromatic rings. The molecule has 2 aliphatic rings.